The number of carbonyl (C=O) groups is 1. The summed E-state index contributed by atoms with van der Waals surface area (Å²) in [4.78, 5) is 37.4. The largest absolute Gasteiger partial charge is 0.348 e. The van der Waals surface area contributed by atoms with Crippen molar-refractivity contribution in [2.75, 3.05) is 11.4 Å². The minimum absolute atomic E-state index is 0.00621. The maximum Gasteiger partial charge on any atom is 0.302 e. The van der Waals surface area contributed by atoms with Gasteiger partial charge in [0.05, 0.1) is 6.04 Å². The van der Waals surface area contributed by atoms with Crippen molar-refractivity contribution < 1.29 is 13.6 Å². The molecule has 4 rings (SSSR count). The van der Waals surface area contributed by atoms with Crippen molar-refractivity contribution in [3.05, 3.63) is 52.1 Å². The van der Waals surface area contributed by atoms with Gasteiger partial charge in [-0.2, -0.15) is 8.78 Å². The number of amides is 1. The smallest absolute Gasteiger partial charge is 0.302 e. The van der Waals surface area contributed by atoms with Gasteiger partial charge >= 0.3 is 5.92 Å². The first-order chi connectivity index (χ1) is 14.2. The molecule has 1 aliphatic heterocycles. The second kappa shape index (κ2) is 7.75. The summed E-state index contributed by atoms with van der Waals surface area (Å²) < 4.78 is 27.2. The molecule has 0 unspecified atom stereocenters. The van der Waals surface area contributed by atoms with Crippen molar-refractivity contribution in [3.8, 4) is 0 Å². The van der Waals surface area contributed by atoms with Crippen molar-refractivity contribution in [3.63, 3.8) is 0 Å². The van der Waals surface area contributed by atoms with E-state index in [4.69, 9.17) is 0 Å². The van der Waals surface area contributed by atoms with Crippen LogP contribution in [0.15, 0.2) is 35.1 Å². The van der Waals surface area contributed by atoms with Crippen molar-refractivity contribution in [1.29, 1.82) is 0 Å². The van der Waals surface area contributed by atoms with Gasteiger partial charge in [0.25, 0.3) is 5.56 Å². The third kappa shape index (κ3) is 3.91. The highest BCUT2D eigenvalue weighted by Gasteiger charge is 2.34. The second-order valence-corrected chi connectivity index (χ2v) is 8.40. The van der Waals surface area contributed by atoms with Crippen LogP contribution in [0, 0.1) is 0 Å². The van der Waals surface area contributed by atoms with E-state index < -0.39 is 23.3 Å². The molecule has 158 valence electrons. The molecule has 1 aromatic carbocycles. The first-order valence-corrected chi connectivity index (χ1v) is 10.5. The average molecular weight is 433 g/mol. The molecule has 1 fully saturated rings. The summed E-state index contributed by atoms with van der Waals surface area (Å²) in [5, 5.41) is 3.46. The molecule has 1 amide bonds. The number of fused-ring (bicyclic) bond motifs is 1. The fourth-order valence-corrected chi connectivity index (χ4v) is 4.57. The molecule has 0 spiro atoms. The number of thiazole rings is 1. The lowest BCUT2D eigenvalue weighted by molar-refractivity contribution is -0.122. The minimum atomic E-state index is -3.26. The van der Waals surface area contributed by atoms with Crippen LogP contribution < -0.4 is 15.8 Å². The van der Waals surface area contributed by atoms with Gasteiger partial charge in [0, 0.05) is 13.5 Å². The molecule has 30 heavy (non-hydrogen) atoms. The predicted molar refractivity (Wildman–Crippen MR) is 111 cm³/mol. The van der Waals surface area contributed by atoms with E-state index in [9.17, 15) is 18.4 Å². The lowest BCUT2D eigenvalue weighted by Gasteiger charge is -2.25. The van der Waals surface area contributed by atoms with Gasteiger partial charge in [0.1, 0.15) is 6.04 Å². The van der Waals surface area contributed by atoms with Crippen LogP contribution in [-0.4, -0.2) is 33.4 Å². The number of hydrogen-bond donors (Lipinski definition) is 2. The van der Waals surface area contributed by atoms with Crippen LogP contribution in [-0.2, 0) is 10.7 Å². The first kappa shape index (κ1) is 20.4. The molecule has 1 aliphatic rings. The zero-order valence-electron chi connectivity index (χ0n) is 16.5. The van der Waals surface area contributed by atoms with E-state index in [0.717, 1.165) is 23.3 Å². The summed E-state index contributed by atoms with van der Waals surface area (Å²) >= 11 is 1.05. The topological polar surface area (TPSA) is 91.0 Å². The first-order valence-electron chi connectivity index (χ1n) is 9.65. The molecule has 0 radical (unpaired) electrons. The van der Waals surface area contributed by atoms with E-state index in [-0.39, 0.29) is 22.3 Å². The van der Waals surface area contributed by atoms with Crippen LogP contribution >= 0.6 is 11.3 Å². The van der Waals surface area contributed by atoms with Crippen molar-refractivity contribution in [2.45, 2.75) is 44.7 Å². The molecule has 0 saturated carbocycles. The van der Waals surface area contributed by atoms with E-state index in [2.05, 4.69) is 20.3 Å². The number of aromatic amines is 1. The van der Waals surface area contributed by atoms with Gasteiger partial charge in [-0.1, -0.05) is 41.7 Å². The number of alkyl halides is 2. The van der Waals surface area contributed by atoms with Gasteiger partial charge in [0.15, 0.2) is 21.3 Å². The Bertz CT molecular complexity index is 1130. The molecule has 2 atom stereocenters. The Labute approximate surface area is 175 Å². The molecule has 7 nitrogen and oxygen atoms in total. The fourth-order valence-electron chi connectivity index (χ4n) is 3.55. The van der Waals surface area contributed by atoms with Crippen molar-refractivity contribution >= 4 is 32.7 Å². The number of hydrogen-bond acceptors (Lipinski definition) is 6. The van der Waals surface area contributed by atoms with Crippen LogP contribution in [0.2, 0.25) is 0 Å². The molecule has 3 heterocycles. The summed E-state index contributed by atoms with van der Waals surface area (Å²) in [6.07, 6.45) is 1.43. The Kier molecular flexibility index (Phi) is 5.27. The Morgan fingerprint density at radius 3 is 2.77 bits per heavy atom. The van der Waals surface area contributed by atoms with Crippen LogP contribution in [0.5, 0.6) is 0 Å². The summed E-state index contributed by atoms with van der Waals surface area (Å²) in [5.74, 6) is -4.09. The van der Waals surface area contributed by atoms with Crippen LogP contribution in [0.4, 0.5) is 13.9 Å². The molecule has 2 N–H and O–H groups in total. The Hall–Kier alpha value is -2.88. The third-order valence-corrected chi connectivity index (χ3v) is 6.12. The summed E-state index contributed by atoms with van der Waals surface area (Å²) in [7, 11) is 0. The van der Waals surface area contributed by atoms with Crippen molar-refractivity contribution in [2.24, 2.45) is 0 Å². The summed E-state index contributed by atoms with van der Waals surface area (Å²) in [5.41, 5.74) is 0.294. The lowest BCUT2D eigenvalue weighted by Crippen LogP contribution is -2.44. The molecular weight excluding hydrogens is 412 g/mol. The molecule has 10 heteroatoms. The molecule has 0 bridgehead atoms. The maximum atomic E-state index is 13.6. The maximum absolute atomic E-state index is 13.6. The molecule has 1 saturated heterocycles. The number of rotatable bonds is 5. The SMILES string of the molecule is C[C@@H](NC(=O)[C@H]1CCCN1c1nc2c(=O)[nH]c(C(C)(F)F)nc2s1)c1ccccc1. The number of benzene rings is 1. The second-order valence-electron chi connectivity index (χ2n) is 7.45. The van der Waals surface area contributed by atoms with Crippen LogP contribution in [0.25, 0.3) is 10.3 Å². The quantitative estimate of drug-likeness (QED) is 0.644. The van der Waals surface area contributed by atoms with Crippen molar-refractivity contribution in [1.82, 2.24) is 20.3 Å². The molecule has 0 aliphatic carbocycles. The van der Waals surface area contributed by atoms with Gasteiger partial charge in [0.2, 0.25) is 5.91 Å². The Morgan fingerprint density at radius 2 is 2.07 bits per heavy atom. The monoisotopic (exact) mass is 433 g/mol. The lowest BCUT2D eigenvalue weighted by atomic mass is 10.1. The van der Waals surface area contributed by atoms with Crippen LogP contribution in [0.3, 0.4) is 0 Å². The van der Waals surface area contributed by atoms with E-state index in [1.807, 2.05) is 42.2 Å². The fraction of sp³-hybridized carbons (Fsp3) is 0.400. The van der Waals surface area contributed by atoms with E-state index >= 15 is 0 Å². The Morgan fingerprint density at radius 1 is 1.33 bits per heavy atom. The number of carbonyl (C=O) groups excluding carboxylic acids is 1. The zero-order valence-corrected chi connectivity index (χ0v) is 17.3. The highest BCUT2D eigenvalue weighted by atomic mass is 32.1. The number of H-pyrrole nitrogens is 1. The molecule has 3 aromatic rings. The summed E-state index contributed by atoms with van der Waals surface area (Å²) in [6, 6.07) is 9.05. The Balaban J connectivity index is 1.58. The molecular formula is C20H21F2N5O2S. The predicted octanol–water partition coefficient (Wildman–Crippen LogP) is 3.34. The van der Waals surface area contributed by atoms with Gasteiger partial charge in [-0.3, -0.25) is 9.59 Å². The van der Waals surface area contributed by atoms with Crippen LogP contribution in [0.1, 0.15) is 44.1 Å². The van der Waals surface area contributed by atoms with Gasteiger partial charge in [-0.15, -0.1) is 0 Å². The van der Waals surface area contributed by atoms with E-state index in [1.54, 1.807) is 0 Å². The number of anilines is 1. The van der Waals surface area contributed by atoms with Gasteiger partial charge < -0.3 is 15.2 Å². The number of nitrogens with one attached hydrogen (secondary N) is 2. The number of nitrogens with zero attached hydrogens (tertiary/aromatic N) is 3. The third-order valence-electron chi connectivity index (χ3n) is 5.13. The highest BCUT2D eigenvalue weighted by Crippen LogP contribution is 2.33. The standard InChI is InChI=1S/C20H21F2N5O2S/c1-11(12-7-4-3-5-8-12)23-15(28)13-9-6-10-27(13)19-24-14-16(29)25-18(20(2,21)22)26-17(14)30-19/h3-5,7-8,11,13H,6,9-10H2,1-2H3,(H,23,28)(H,25,26,29)/t11-,13-/m1/s1. The number of halogens is 2. The summed E-state index contributed by atoms with van der Waals surface area (Å²) in [6.45, 7) is 3.18. The molecule has 2 aromatic heterocycles. The highest BCUT2D eigenvalue weighted by molar-refractivity contribution is 7.21. The van der Waals surface area contributed by atoms with Gasteiger partial charge in [-0.25, -0.2) is 9.97 Å². The zero-order chi connectivity index (χ0) is 21.5. The van der Waals surface area contributed by atoms with E-state index in [0.29, 0.717) is 25.0 Å². The average Bonchev–Trinajstić information content (AvgIpc) is 3.35. The minimum Gasteiger partial charge on any atom is -0.348 e. The number of aromatic nitrogens is 3. The van der Waals surface area contributed by atoms with Gasteiger partial charge in [-0.05, 0) is 25.3 Å². The van der Waals surface area contributed by atoms with E-state index in [1.165, 1.54) is 0 Å². The normalized spacial score (nSPS) is 18.0.